The SMILES string of the molecule is CCNC(=NCc1cccc2c1OCCCO2)NC(C)c1nc(C)c(C(=O)OCC)s1. The molecule has 3 rings (SSSR count). The molecule has 0 bridgehead atoms. The van der Waals surface area contributed by atoms with Gasteiger partial charge in [0, 0.05) is 18.5 Å². The van der Waals surface area contributed by atoms with Crippen molar-refractivity contribution in [3.63, 3.8) is 0 Å². The Morgan fingerprint density at radius 3 is 2.90 bits per heavy atom. The Bertz CT molecular complexity index is 928. The van der Waals surface area contributed by atoms with E-state index in [4.69, 9.17) is 19.2 Å². The number of nitrogens with zero attached hydrogens (tertiary/aromatic N) is 2. The molecule has 31 heavy (non-hydrogen) atoms. The summed E-state index contributed by atoms with van der Waals surface area (Å²) in [6, 6.07) is 5.75. The standard InChI is InChI=1S/C22H30N4O4S/c1-5-23-22(24-13-16-9-7-10-17-18(16)30-12-8-11-29-17)26-15(4)20-25-14(3)19(31-20)21(27)28-6-2/h7,9-10,15H,5-6,8,11-13H2,1-4H3,(H2,23,24,26). The minimum Gasteiger partial charge on any atom is -0.490 e. The lowest BCUT2D eigenvalue weighted by atomic mass is 10.2. The van der Waals surface area contributed by atoms with Gasteiger partial charge in [-0.25, -0.2) is 14.8 Å². The Hall–Kier alpha value is -2.81. The van der Waals surface area contributed by atoms with E-state index < -0.39 is 0 Å². The highest BCUT2D eigenvalue weighted by Crippen LogP contribution is 2.33. The smallest absolute Gasteiger partial charge is 0.350 e. The van der Waals surface area contributed by atoms with Crippen LogP contribution in [0.15, 0.2) is 23.2 Å². The topological polar surface area (TPSA) is 94.1 Å². The second-order valence-corrected chi connectivity index (χ2v) is 8.07. The lowest BCUT2D eigenvalue weighted by Crippen LogP contribution is -2.38. The molecule has 0 fully saturated rings. The largest absolute Gasteiger partial charge is 0.490 e. The quantitative estimate of drug-likeness (QED) is 0.381. The summed E-state index contributed by atoms with van der Waals surface area (Å²) in [6.07, 6.45) is 0.861. The first-order valence-electron chi connectivity index (χ1n) is 10.6. The molecule has 2 aromatic rings. The fraction of sp³-hybridized carbons (Fsp3) is 0.500. The van der Waals surface area contributed by atoms with E-state index in [1.807, 2.05) is 39.0 Å². The zero-order valence-corrected chi connectivity index (χ0v) is 19.3. The normalized spacial score (nSPS) is 14.5. The minimum absolute atomic E-state index is 0.128. The number of aliphatic imine (C=N–C) groups is 1. The summed E-state index contributed by atoms with van der Waals surface area (Å²) in [6.45, 7) is 10.4. The van der Waals surface area contributed by atoms with Crippen molar-refractivity contribution in [2.75, 3.05) is 26.4 Å². The molecule has 1 aromatic heterocycles. The Kier molecular flexibility index (Phi) is 8.11. The van der Waals surface area contributed by atoms with Gasteiger partial charge < -0.3 is 24.8 Å². The molecule has 0 spiro atoms. The number of aromatic nitrogens is 1. The maximum atomic E-state index is 12.1. The number of aryl methyl sites for hydroxylation is 1. The van der Waals surface area contributed by atoms with Crippen molar-refractivity contribution in [3.05, 3.63) is 39.3 Å². The van der Waals surface area contributed by atoms with Crippen LogP contribution in [0.3, 0.4) is 0 Å². The van der Waals surface area contributed by atoms with Crippen LogP contribution in [0.2, 0.25) is 0 Å². The third-order valence-electron chi connectivity index (χ3n) is 4.60. The van der Waals surface area contributed by atoms with Gasteiger partial charge in [0.05, 0.1) is 38.1 Å². The third-order valence-corrected chi connectivity index (χ3v) is 5.92. The lowest BCUT2D eigenvalue weighted by molar-refractivity contribution is 0.0531. The molecule has 1 aromatic carbocycles. The van der Waals surface area contributed by atoms with E-state index in [2.05, 4.69) is 15.6 Å². The number of fused-ring (bicyclic) bond motifs is 1. The number of hydrogen-bond acceptors (Lipinski definition) is 7. The number of thiazole rings is 1. The maximum Gasteiger partial charge on any atom is 0.350 e. The molecule has 2 N–H and O–H groups in total. The predicted octanol–water partition coefficient (Wildman–Crippen LogP) is 3.61. The van der Waals surface area contributed by atoms with Crippen LogP contribution in [0.5, 0.6) is 11.5 Å². The molecule has 9 heteroatoms. The number of rotatable bonds is 7. The number of para-hydroxylation sites is 1. The van der Waals surface area contributed by atoms with Gasteiger partial charge in [-0.15, -0.1) is 11.3 Å². The average Bonchev–Trinajstić information content (AvgIpc) is 2.98. The van der Waals surface area contributed by atoms with E-state index >= 15 is 0 Å². The predicted molar refractivity (Wildman–Crippen MR) is 121 cm³/mol. The molecule has 0 aliphatic carbocycles. The van der Waals surface area contributed by atoms with Crippen LogP contribution in [0, 0.1) is 6.92 Å². The van der Waals surface area contributed by atoms with E-state index in [1.165, 1.54) is 11.3 Å². The van der Waals surface area contributed by atoms with Crippen LogP contribution in [0.1, 0.15) is 59.2 Å². The number of ether oxygens (including phenoxy) is 3. The third kappa shape index (κ3) is 5.88. The number of hydrogen-bond donors (Lipinski definition) is 2. The van der Waals surface area contributed by atoms with Crippen LogP contribution in [-0.4, -0.2) is 43.3 Å². The lowest BCUT2D eigenvalue weighted by Gasteiger charge is -2.16. The molecule has 1 aliphatic heterocycles. The van der Waals surface area contributed by atoms with Gasteiger partial charge >= 0.3 is 5.97 Å². The van der Waals surface area contributed by atoms with Crippen LogP contribution in [0.25, 0.3) is 0 Å². The number of esters is 1. The molecule has 168 valence electrons. The Morgan fingerprint density at radius 2 is 2.13 bits per heavy atom. The summed E-state index contributed by atoms with van der Waals surface area (Å²) >= 11 is 1.34. The van der Waals surface area contributed by atoms with E-state index in [-0.39, 0.29) is 12.0 Å². The molecule has 1 aliphatic rings. The average molecular weight is 447 g/mol. The van der Waals surface area contributed by atoms with E-state index in [9.17, 15) is 4.79 Å². The van der Waals surface area contributed by atoms with Gasteiger partial charge in [0.15, 0.2) is 17.5 Å². The second kappa shape index (κ2) is 11.0. The van der Waals surface area contributed by atoms with Crippen LogP contribution in [-0.2, 0) is 11.3 Å². The van der Waals surface area contributed by atoms with Gasteiger partial charge in [-0.1, -0.05) is 12.1 Å². The van der Waals surface area contributed by atoms with Crippen molar-refractivity contribution in [3.8, 4) is 11.5 Å². The Labute approximate surface area is 187 Å². The van der Waals surface area contributed by atoms with Crippen LogP contribution < -0.4 is 20.1 Å². The van der Waals surface area contributed by atoms with Gasteiger partial charge in [-0.05, 0) is 33.8 Å². The van der Waals surface area contributed by atoms with E-state index in [0.29, 0.717) is 42.9 Å². The first-order valence-corrected chi connectivity index (χ1v) is 11.4. The number of carbonyl (C=O) groups is 1. The minimum atomic E-state index is -0.330. The van der Waals surface area contributed by atoms with Crippen molar-refractivity contribution in [2.45, 2.75) is 46.7 Å². The Balaban J connectivity index is 1.73. The molecule has 0 amide bonds. The molecule has 2 heterocycles. The fourth-order valence-corrected chi connectivity index (χ4v) is 4.08. The Morgan fingerprint density at radius 1 is 1.32 bits per heavy atom. The van der Waals surface area contributed by atoms with Gasteiger partial charge in [0.1, 0.15) is 9.88 Å². The summed E-state index contributed by atoms with van der Waals surface area (Å²) in [7, 11) is 0. The fourth-order valence-electron chi connectivity index (χ4n) is 3.12. The molecular formula is C22H30N4O4S. The van der Waals surface area contributed by atoms with E-state index in [0.717, 1.165) is 35.0 Å². The molecule has 1 atom stereocenters. The summed E-state index contributed by atoms with van der Waals surface area (Å²) < 4.78 is 16.8. The molecule has 0 saturated carbocycles. The number of nitrogens with one attached hydrogen (secondary N) is 2. The van der Waals surface area contributed by atoms with Crippen molar-refractivity contribution in [1.29, 1.82) is 0 Å². The van der Waals surface area contributed by atoms with Crippen molar-refractivity contribution in [2.24, 2.45) is 4.99 Å². The molecular weight excluding hydrogens is 416 g/mol. The first kappa shape index (κ1) is 22.9. The first-order chi connectivity index (χ1) is 15.0. The summed E-state index contributed by atoms with van der Waals surface area (Å²) in [5, 5.41) is 7.44. The summed E-state index contributed by atoms with van der Waals surface area (Å²) in [4.78, 5) is 21.9. The summed E-state index contributed by atoms with van der Waals surface area (Å²) in [5.41, 5.74) is 1.65. The van der Waals surface area contributed by atoms with Crippen molar-refractivity contribution in [1.82, 2.24) is 15.6 Å². The second-order valence-electron chi connectivity index (χ2n) is 7.04. The maximum absolute atomic E-state index is 12.1. The van der Waals surface area contributed by atoms with Crippen molar-refractivity contribution >= 4 is 23.3 Å². The zero-order chi connectivity index (χ0) is 22.2. The zero-order valence-electron chi connectivity index (χ0n) is 18.5. The molecule has 0 radical (unpaired) electrons. The van der Waals surface area contributed by atoms with Gasteiger partial charge in [-0.2, -0.15) is 0 Å². The molecule has 1 unspecified atom stereocenters. The summed E-state index contributed by atoms with van der Waals surface area (Å²) in [5.74, 6) is 1.86. The van der Waals surface area contributed by atoms with Crippen molar-refractivity contribution < 1.29 is 19.0 Å². The molecule has 8 nitrogen and oxygen atoms in total. The van der Waals surface area contributed by atoms with Gasteiger partial charge in [-0.3, -0.25) is 0 Å². The monoisotopic (exact) mass is 446 g/mol. The highest BCUT2D eigenvalue weighted by molar-refractivity contribution is 7.13. The molecule has 0 saturated heterocycles. The number of guanidine groups is 1. The highest BCUT2D eigenvalue weighted by atomic mass is 32.1. The van der Waals surface area contributed by atoms with E-state index in [1.54, 1.807) is 6.92 Å². The van der Waals surface area contributed by atoms with Crippen LogP contribution in [0.4, 0.5) is 0 Å². The number of carbonyl (C=O) groups excluding carboxylic acids is 1. The van der Waals surface area contributed by atoms with Crippen LogP contribution >= 0.6 is 11.3 Å². The van der Waals surface area contributed by atoms with Gasteiger partial charge in [0.25, 0.3) is 0 Å². The number of benzene rings is 1. The highest BCUT2D eigenvalue weighted by Gasteiger charge is 2.20. The van der Waals surface area contributed by atoms with Gasteiger partial charge in [0.2, 0.25) is 0 Å².